The Morgan fingerprint density at radius 3 is 2.68 bits per heavy atom. The van der Waals surface area contributed by atoms with E-state index >= 15 is 0 Å². The van der Waals surface area contributed by atoms with Gasteiger partial charge in [0.05, 0.1) is 12.7 Å². The van der Waals surface area contributed by atoms with Crippen molar-refractivity contribution in [3.8, 4) is 0 Å². The van der Waals surface area contributed by atoms with Gasteiger partial charge in [0.15, 0.2) is 0 Å². The van der Waals surface area contributed by atoms with E-state index in [-0.39, 0.29) is 11.5 Å². The summed E-state index contributed by atoms with van der Waals surface area (Å²) in [7, 11) is 0. The second-order valence-corrected chi connectivity index (χ2v) is 8.91. The van der Waals surface area contributed by atoms with Crippen LogP contribution in [-0.2, 0) is 4.79 Å². The van der Waals surface area contributed by atoms with Gasteiger partial charge in [-0.3, -0.25) is 19.4 Å². The second-order valence-electron chi connectivity index (χ2n) is 8.91. The molecule has 3 fully saturated rings. The molecule has 1 aliphatic carbocycles. The predicted octanol–water partition coefficient (Wildman–Crippen LogP) is 1.91. The highest BCUT2D eigenvalue weighted by Crippen LogP contribution is 2.25. The lowest BCUT2D eigenvalue weighted by Gasteiger charge is -2.43. The fourth-order valence-electron chi connectivity index (χ4n) is 4.43. The van der Waals surface area contributed by atoms with Gasteiger partial charge in [-0.15, -0.1) is 0 Å². The van der Waals surface area contributed by atoms with E-state index < -0.39 is 0 Å². The number of hydrogen-bond donors (Lipinski definition) is 0. The van der Waals surface area contributed by atoms with Crippen molar-refractivity contribution < 1.29 is 4.79 Å². The number of allylic oxidation sites excluding steroid dienone is 2. The SMILES string of the molecule is C=C1CCN(CC(=O)N2CCN(C3CCC3)CC2)C/C1=C/C=C/n1ncc(C)cc1=O. The molecule has 1 saturated carbocycles. The molecule has 7 heteroatoms. The molecule has 0 atom stereocenters. The summed E-state index contributed by atoms with van der Waals surface area (Å²) in [5.74, 6) is 0.228. The molecule has 166 valence electrons. The highest BCUT2D eigenvalue weighted by atomic mass is 16.2. The number of aryl methyl sites for hydroxylation is 1. The number of likely N-dealkylation sites (tertiary alicyclic amines) is 1. The molecule has 2 saturated heterocycles. The van der Waals surface area contributed by atoms with Crippen LogP contribution in [0, 0.1) is 6.92 Å². The van der Waals surface area contributed by atoms with Crippen molar-refractivity contribution in [2.45, 2.75) is 38.6 Å². The third kappa shape index (κ3) is 5.40. The summed E-state index contributed by atoms with van der Waals surface area (Å²) in [5, 5.41) is 4.11. The molecule has 0 spiro atoms. The minimum absolute atomic E-state index is 0.151. The van der Waals surface area contributed by atoms with Gasteiger partial charge in [0.25, 0.3) is 5.56 Å². The summed E-state index contributed by atoms with van der Waals surface area (Å²) in [4.78, 5) is 31.6. The number of amides is 1. The van der Waals surface area contributed by atoms with E-state index in [1.54, 1.807) is 18.5 Å². The first-order chi connectivity index (χ1) is 15.0. The summed E-state index contributed by atoms with van der Waals surface area (Å²) in [6.45, 7) is 11.7. The molecule has 0 radical (unpaired) electrons. The number of hydrogen-bond acceptors (Lipinski definition) is 5. The molecule has 4 rings (SSSR count). The quantitative estimate of drug-likeness (QED) is 0.724. The van der Waals surface area contributed by atoms with Crippen molar-refractivity contribution in [3.63, 3.8) is 0 Å². The van der Waals surface area contributed by atoms with E-state index in [0.29, 0.717) is 13.1 Å². The molecule has 31 heavy (non-hydrogen) atoms. The van der Waals surface area contributed by atoms with Crippen LogP contribution in [0.15, 0.2) is 46.9 Å². The zero-order valence-electron chi connectivity index (χ0n) is 18.5. The van der Waals surface area contributed by atoms with Gasteiger partial charge in [0.1, 0.15) is 0 Å². The highest BCUT2D eigenvalue weighted by Gasteiger charge is 2.30. The van der Waals surface area contributed by atoms with Crippen molar-refractivity contribution in [2.75, 3.05) is 45.8 Å². The lowest BCUT2D eigenvalue weighted by molar-refractivity contribution is -0.134. The summed E-state index contributed by atoms with van der Waals surface area (Å²) in [6, 6.07) is 2.32. The minimum atomic E-state index is -0.151. The van der Waals surface area contributed by atoms with Crippen LogP contribution in [0.1, 0.15) is 31.2 Å². The lowest BCUT2D eigenvalue weighted by atomic mass is 9.91. The van der Waals surface area contributed by atoms with E-state index in [0.717, 1.165) is 61.9 Å². The molecule has 0 N–H and O–H groups in total. The summed E-state index contributed by atoms with van der Waals surface area (Å²) in [6.07, 6.45) is 12.0. The zero-order chi connectivity index (χ0) is 21.8. The van der Waals surface area contributed by atoms with Crippen LogP contribution in [0.2, 0.25) is 0 Å². The Morgan fingerprint density at radius 2 is 2.00 bits per heavy atom. The van der Waals surface area contributed by atoms with Crippen LogP contribution in [0.3, 0.4) is 0 Å². The molecule has 0 unspecified atom stereocenters. The van der Waals surface area contributed by atoms with E-state index in [9.17, 15) is 9.59 Å². The van der Waals surface area contributed by atoms with Gasteiger partial charge in [0, 0.05) is 57.6 Å². The molecule has 0 bridgehead atoms. The third-order valence-corrected chi connectivity index (χ3v) is 6.68. The lowest BCUT2D eigenvalue weighted by Crippen LogP contribution is -2.55. The summed E-state index contributed by atoms with van der Waals surface area (Å²) in [5.41, 5.74) is 2.89. The Kier molecular flexibility index (Phi) is 6.83. The van der Waals surface area contributed by atoms with Gasteiger partial charge in [-0.1, -0.05) is 19.1 Å². The number of aromatic nitrogens is 2. The predicted molar refractivity (Wildman–Crippen MR) is 123 cm³/mol. The van der Waals surface area contributed by atoms with Crippen LogP contribution < -0.4 is 5.56 Å². The molecule has 1 aromatic heterocycles. The highest BCUT2D eigenvalue weighted by molar-refractivity contribution is 5.78. The molecular formula is C24H33N5O2. The van der Waals surface area contributed by atoms with Crippen molar-refractivity contribution >= 4 is 12.1 Å². The maximum Gasteiger partial charge on any atom is 0.271 e. The smallest absolute Gasteiger partial charge is 0.271 e. The fraction of sp³-hybridized carbons (Fsp3) is 0.542. The van der Waals surface area contributed by atoms with Gasteiger partial charge in [-0.2, -0.15) is 5.10 Å². The summed E-state index contributed by atoms with van der Waals surface area (Å²) < 4.78 is 1.32. The van der Waals surface area contributed by atoms with Crippen LogP contribution in [-0.4, -0.2) is 82.2 Å². The standard InChI is InChI=1S/C24H33N5O2/c1-19-15-23(30)29(25-16-19)9-4-5-21-17-26(10-8-20(21)2)18-24(31)28-13-11-27(12-14-28)22-6-3-7-22/h4-5,9,15-16,22H,2-3,6-8,10-14,17-18H2,1H3/b9-4+,21-5-. The number of piperazine rings is 1. The molecular weight excluding hydrogens is 390 g/mol. The molecule has 1 amide bonds. The van der Waals surface area contributed by atoms with Crippen molar-refractivity contribution in [3.05, 3.63) is 58.1 Å². The number of carbonyl (C=O) groups excluding carboxylic acids is 1. The fourth-order valence-corrected chi connectivity index (χ4v) is 4.43. The average molecular weight is 424 g/mol. The Labute approximate surface area is 184 Å². The zero-order valence-corrected chi connectivity index (χ0v) is 18.5. The van der Waals surface area contributed by atoms with Gasteiger partial charge < -0.3 is 4.90 Å². The van der Waals surface area contributed by atoms with Gasteiger partial charge in [0.2, 0.25) is 5.91 Å². The number of nitrogens with zero attached hydrogens (tertiary/aromatic N) is 5. The normalized spacial score (nSPS) is 22.9. The van der Waals surface area contributed by atoms with E-state index in [4.69, 9.17) is 0 Å². The largest absolute Gasteiger partial charge is 0.339 e. The first-order valence-electron chi connectivity index (χ1n) is 11.3. The number of carbonyl (C=O) groups is 1. The van der Waals surface area contributed by atoms with E-state index in [1.807, 2.05) is 24.0 Å². The van der Waals surface area contributed by atoms with Gasteiger partial charge in [-0.05, 0) is 49.0 Å². The first kappa shape index (κ1) is 21.7. The number of piperidine rings is 1. The van der Waals surface area contributed by atoms with Crippen LogP contribution in [0.4, 0.5) is 0 Å². The minimum Gasteiger partial charge on any atom is -0.339 e. The molecule has 3 heterocycles. The van der Waals surface area contributed by atoms with Crippen molar-refractivity contribution in [1.29, 1.82) is 0 Å². The van der Waals surface area contributed by atoms with E-state index in [2.05, 4.69) is 21.5 Å². The van der Waals surface area contributed by atoms with Crippen LogP contribution in [0.5, 0.6) is 0 Å². The average Bonchev–Trinajstić information content (AvgIpc) is 2.71. The van der Waals surface area contributed by atoms with Crippen molar-refractivity contribution in [2.24, 2.45) is 0 Å². The molecule has 2 aliphatic heterocycles. The Morgan fingerprint density at radius 1 is 1.23 bits per heavy atom. The maximum absolute atomic E-state index is 12.8. The Balaban J connectivity index is 1.30. The molecule has 7 nitrogen and oxygen atoms in total. The third-order valence-electron chi connectivity index (χ3n) is 6.68. The Hall–Kier alpha value is -2.51. The maximum atomic E-state index is 12.8. The van der Waals surface area contributed by atoms with Gasteiger partial charge in [-0.25, -0.2) is 4.68 Å². The van der Waals surface area contributed by atoms with Crippen LogP contribution >= 0.6 is 0 Å². The molecule has 3 aliphatic rings. The second kappa shape index (κ2) is 9.75. The molecule has 0 aromatic carbocycles. The summed E-state index contributed by atoms with van der Waals surface area (Å²) >= 11 is 0. The molecule has 1 aromatic rings. The Bertz CT molecular complexity index is 936. The van der Waals surface area contributed by atoms with Crippen molar-refractivity contribution in [1.82, 2.24) is 24.5 Å². The van der Waals surface area contributed by atoms with E-state index in [1.165, 1.54) is 23.9 Å². The topological polar surface area (TPSA) is 61.7 Å². The van der Waals surface area contributed by atoms with Gasteiger partial charge >= 0.3 is 0 Å². The van der Waals surface area contributed by atoms with Crippen LogP contribution in [0.25, 0.3) is 6.20 Å². The first-order valence-corrected chi connectivity index (χ1v) is 11.3. The monoisotopic (exact) mass is 423 g/mol. The number of rotatable bonds is 5.